The lowest BCUT2D eigenvalue weighted by molar-refractivity contribution is -0.127. The molecule has 7 heteroatoms. The van der Waals surface area contributed by atoms with E-state index in [0.717, 1.165) is 56.2 Å². The summed E-state index contributed by atoms with van der Waals surface area (Å²) in [6, 6.07) is 1.95. The zero-order valence-electron chi connectivity index (χ0n) is 15.2. The molecule has 7 nitrogen and oxygen atoms in total. The lowest BCUT2D eigenvalue weighted by atomic mass is 9.96. The van der Waals surface area contributed by atoms with E-state index in [2.05, 4.69) is 20.6 Å². The highest BCUT2D eigenvalue weighted by Crippen LogP contribution is 2.31. The number of amides is 1. The number of anilines is 1. The number of aromatic nitrogens is 3. The molecule has 1 amide bonds. The van der Waals surface area contributed by atoms with Crippen LogP contribution in [-0.4, -0.2) is 52.2 Å². The smallest absolute Gasteiger partial charge is 0.227 e. The lowest BCUT2D eigenvalue weighted by Gasteiger charge is -2.41. The number of carbonyl (C=O) groups is 1. The van der Waals surface area contributed by atoms with Gasteiger partial charge in [-0.2, -0.15) is 9.61 Å². The van der Waals surface area contributed by atoms with Crippen molar-refractivity contribution in [3.05, 3.63) is 23.5 Å². The monoisotopic (exact) mass is 342 g/mol. The fraction of sp³-hybridized carbons (Fsp3) is 0.611. The molecule has 0 radical (unpaired) electrons. The Labute approximate surface area is 147 Å². The maximum Gasteiger partial charge on any atom is 0.227 e. The minimum atomic E-state index is -0.188. The average Bonchev–Trinajstić information content (AvgIpc) is 2.80. The van der Waals surface area contributed by atoms with Crippen molar-refractivity contribution in [2.75, 3.05) is 31.1 Å². The van der Waals surface area contributed by atoms with Gasteiger partial charge in [-0.05, 0) is 33.7 Å². The standard InChI is InChI=1S/C18H26N6O/c1-18(2,3)22-16(25)12-10-23(11-12)17-13-4-7-19-8-5-14(13)21-15-6-9-20-24(15)17/h6,9,12,19H,4-5,7-8,10-11H2,1-3H3,(H,22,25). The van der Waals surface area contributed by atoms with Gasteiger partial charge in [0.25, 0.3) is 0 Å². The Hall–Kier alpha value is -2.15. The molecule has 0 bridgehead atoms. The molecule has 2 aromatic rings. The molecule has 0 spiro atoms. The van der Waals surface area contributed by atoms with Gasteiger partial charge in [-0.25, -0.2) is 4.98 Å². The van der Waals surface area contributed by atoms with Crippen LogP contribution < -0.4 is 15.5 Å². The van der Waals surface area contributed by atoms with Crippen LogP contribution in [0.5, 0.6) is 0 Å². The van der Waals surface area contributed by atoms with Crippen LogP contribution in [0.25, 0.3) is 5.65 Å². The number of carbonyl (C=O) groups excluding carboxylic acids is 1. The van der Waals surface area contributed by atoms with Crippen molar-refractivity contribution in [3.8, 4) is 0 Å². The molecule has 2 aliphatic rings. The first kappa shape index (κ1) is 16.3. The van der Waals surface area contributed by atoms with E-state index in [1.165, 1.54) is 5.56 Å². The number of nitrogens with one attached hydrogen (secondary N) is 2. The molecule has 4 heterocycles. The van der Waals surface area contributed by atoms with E-state index >= 15 is 0 Å². The highest BCUT2D eigenvalue weighted by atomic mass is 16.2. The third kappa shape index (κ3) is 3.08. The van der Waals surface area contributed by atoms with Gasteiger partial charge in [-0.1, -0.05) is 0 Å². The van der Waals surface area contributed by atoms with E-state index in [-0.39, 0.29) is 17.4 Å². The van der Waals surface area contributed by atoms with Crippen molar-refractivity contribution >= 4 is 17.4 Å². The predicted octanol–water partition coefficient (Wildman–Crippen LogP) is 0.768. The Morgan fingerprint density at radius 3 is 2.80 bits per heavy atom. The fourth-order valence-corrected chi connectivity index (χ4v) is 3.63. The predicted molar refractivity (Wildman–Crippen MR) is 96.9 cm³/mol. The lowest BCUT2D eigenvalue weighted by Crippen LogP contribution is -2.57. The molecule has 25 heavy (non-hydrogen) atoms. The van der Waals surface area contributed by atoms with Crippen LogP contribution in [0.2, 0.25) is 0 Å². The van der Waals surface area contributed by atoms with E-state index < -0.39 is 0 Å². The van der Waals surface area contributed by atoms with Crippen molar-refractivity contribution < 1.29 is 4.79 Å². The molecule has 0 aliphatic carbocycles. The van der Waals surface area contributed by atoms with Crippen molar-refractivity contribution in [2.45, 2.75) is 39.2 Å². The average molecular weight is 342 g/mol. The summed E-state index contributed by atoms with van der Waals surface area (Å²) in [7, 11) is 0. The summed E-state index contributed by atoms with van der Waals surface area (Å²) in [6.07, 6.45) is 3.68. The Kier molecular flexibility index (Phi) is 3.91. The Morgan fingerprint density at radius 1 is 1.28 bits per heavy atom. The largest absolute Gasteiger partial charge is 0.354 e. The second-order valence-electron chi connectivity index (χ2n) is 8.05. The molecule has 2 aromatic heterocycles. The van der Waals surface area contributed by atoms with Gasteiger partial charge in [0, 0.05) is 43.2 Å². The van der Waals surface area contributed by atoms with Gasteiger partial charge < -0.3 is 15.5 Å². The topological polar surface area (TPSA) is 74.6 Å². The van der Waals surface area contributed by atoms with Gasteiger partial charge in [0.1, 0.15) is 5.82 Å². The van der Waals surface area contributed by atoms with Crippen LogP contribution >= 0.6 is 0 Å². The van der Waals surface area contributed by atoms with E-state index in [1.54, 1.807) is 6.20 Å². The van der Waals surface area contributed by atoms with Gasteiger partial charge in [0.2, 0.25) is 5.91 Å². The third-order valence-electron chi connectivity index (χ3n) is 4.83. The molecular weight excluding hydrogens is 316 g/mol. The van der Waals surface area contributed by atoms with Crippen molar-refractivity contribution in [2.24, 2.45) is 5.92 Å². The van der Waals surface area contributed by atoms with Crippen molar-refractivity contribution in [1.29, 1.82) is 0 Å². The Bertz CT molecular complexity index is 800. The van der Waals surface area contributed by atoms with E-state index in [0.29, 0.717) is 0 Å². The Balaban J connectivity index is 1.61. The van der Waals surface area contributed by atoms with Gasteiger partial charge in [0.15, 0.2) is 5.65 Å². The zero-order chi connectivity index (χ0) is 17.6. The summed E-state index contributed by atoms with van der Waals surface area (Å²) in [5.41, 5.74) is 3.14. The van der Waals surface area contributed by atoms with Crippen molar-refractivity contribution in [3.63, 3.8) is 0 Å². The van der Waals surface area contributed by atoms with Gasteiger partial charge in [-0.15, -0.1) is 0 Å². The highest BCUT2D eigenvalue weighted by Gasteiger charge is 2.37. The summed E-state index contributed by atoms with van der Waals surface area (Å²) < 4.78 is 1.93. The first-order valence-electron chi connectivity index (χ1n) is 9.05. The van der Waals surface area contributed by atoms with Crippen LogP contribution in [0.15, 0.2) is 12.3 Å². The summed E-state index contributed by atoms with van der Waals surface area (Å²) >= 11 is 0. The van der Waals surface area contributed by atoms with Gasteiger partial charge in [0.05, 0.1) is 17.8 Å². The molecule has 134 valence electrons. The molecule has 0 saturated carbocycles. The normalized spacial score (nSPS) is 18.6. The van der Waals surface area contributed by atoms with Gasteiger partial charge >= 0.3 is 0 Å². The third-order valence-corrected chi connectivity index (χ3v) is 4.83. The SMILES string of the molecule is CC(C)(C)NC(=O)C1CN(c2c3c(nc4ccnn24)CCNCC3)C1. The number of hydrogen-bond donors (Lipinski definition) is 2. The molecular formula is C18H26N6O. The molecule has 0 aromatic carbocycles. The summed E-state index contributed by atoms with van der Waals surface area (Å²) in [6.45, 7) is 9.44. The minimum absolute atomic E-state index is 0.0394. The Morgan fingerprint density at radius 2 is 2.04 bits per heavy atom. The van der Waals surface area contributed by atoms with Crippen molar-refractivity contribution in [1.82, 2.24) is 25.2 Å². The quantitative estimate of drug-likeness (QED) is 0.843. The first-order valence-corrected chi connectivity index (χ1v) is 9.05. The zero-order valence-corrected chi connectivity index (χ0v) is 15.2. The molecule has 2 aliphatic heterocycles. The number of rotatable bonds is 2. The van der Waals surface area contributed by atoms with Gasteiger partial charge in [-0.3, -0.25) is 4.79 Å². The number of fused-ring (bicyclic) bond motifs is 2. The first-order chi connectivity index (χ1) is 11.9. The summed E-state index contributed by atoms with van der Waals surface area (Å²) in [4.78, 5) is 19.5. The molecule has 2 N–H and O–H groups in total. The molecule has 1 fully saturated rings. The van der Waals surface area contributed by atoms with E-state index in [4.69, 9.17) is 4.98 Å². The maximum atomic E-state index is 12.4. The van der Waals surface area contributed by atoms with Crippen LogP contribution in [0.4, 0.5) is 5.82 Å². The van der Waals surface area contributed by atoms with Crippen LogP contribution in [0, 0.1) is 5.92 Å². The fourth-order valence-electron chi connectivity index (χ4n) is 3.63. The molecule has 0 atom stereocenters. The minimum Gasteiger partial charge on any atom is -0.354 e. The van der Waals surface area contributed by atoms with Crippen LogP contribution in [-0.2, 0) is 17.6 Å². The number of hydrogen-bond acceptors (Lipinski definition) is 5. The van der Waals surface area contributed by atoms with Crippen LogP contribution in [0.3, 0.4) is 0 Å². The molecule has 4 rings (SSSR count). The van der Waals surface area contributed by atoms with E-state index in [9.17, 15) is 4.79 Å². The number of nitrogens with zero attached hydrogens (tertiary/aromatic N) is 4. The maximum absolute atomic E-state index is 12.4. The molecule has 1 saturated heterocycles. The second-order valence-corrected chi connectivity index (χ2v) is 8.05. The second kappa shape index (κ2) is 5.98. The highest BCUT2D eigenvalue weighted by molar-refractivity contribution is 5.82. The van der Waals surface area contributed by atoms with E-state index in [1.807, 2.05) is 31.4 Å². The summed E-state index contributed by atoms with van der Waals surface area (Å²) in [5, 5.41) is 11.0. The summed E-state index contributed by atoms with van der Waals surface area (Å²) in [5.74, 6) is 1.30. The van der Waals surface area contributed by atoms with Crippen LogP contribution in [0.1, 0.15) is 32.0 Å². The molecule has 0 unspecified atom stereocenters.